The summed E-state index contributed by atoms with van der Waals surface area (Å²) in [7, 11) is 0. The van der Waals surface area contributed by atoms with Crippen LogP contribution in [0.25, 0.3) is 0 Å². The highest BCUT2D eigenvalue weighted by molar-refractivity contribution is 6.31. The lowest BCUT2D eigenvalue weighted by Gasteiger charge is -2.27. The molecule has 0 spiro atoms. The highest BCUT2D eigenvalue weighted by Gasteiger charge is 2.14. The van der Waals surface area contributed by atoms with Gasteiger partial charge in [0.2, 0.25) is 0 Å². The first kappa shape index (κ1) is 16.4. The first-order chi connectivity index (χ1) is 11.6. The van der Waals surface area contributed by atoms with Crippen LogP contribution in [0.3, 0.4) is 0 Å². The number of nitrogens with one attached hydrogen (secondary N) is 2. The van der Waals surface area contributed by atoms with Crippen molar-refractivity contribution in [3.8, 4) is 0 Å². The number of hydrogen-bond acceptors (Lipinski definition) is 5. The summed E-state index contributed by atoms with van der Waals surface area (Å²) in [5.41, 5.74) is 0.376. The van der Waals surface area contributed by atoms with Crippen molar-refractivity contribution in [1.29, 1.82) is 0 Å². The fraction of sp³-hybridized carbons (Fsp3) is 0.267. The second-order valence-corrected chi connectivity index (χ2v) is 5.48. The van der Waals surface area contributed by atoms with Gasteiger partial charge in [0.25, 0.3) is 0 Å². The average Bonchev–Trinajstić information content (AvgIpc) is 2.59. The van der Waals surface area contributed by atoms with Gasteiger partial charge >= 0.3 is 6.03 Å². The monoisotopic (exact) mass is 351 g/mol. The standard InChI is InChI=1S/C15H15ClFN5O2/c16-11-7-10(1-2-12(11)17)20-15(23)21-13-8-14(19-9-18-13)22-3-5-24-6-4-22/h1-2,7-9H,3-6H2,(H2,18,19,20,21,23). The number of halogens is 2. The van der Waals surface area contributed by atoms with E-state index in [0.717, 1.165) is 13.1 Å². The van der Waals surface area contributed by atoms with Gasteiger partial charge in [0, 0.05) is 24.8 Å². The third-order valence-corrected chi connectivity index (χ3v) is 3.70. The van der Waals surface area contributed by atoms with Gasteiger partial charge in [-0.05, 0) is 18.2 Å². The predicted octanol–water partition coefficient (Wildman–Crippen LogP) is 2.75. The minimum absolute atomic E-state index is 0.0653. The van der Waals surface area contributed by atoms with E-state index in [1.54, 1.807) is 6.07 Å². The lowest BCUT2D eigenvalue weighted by molar-refractivity contribution is 0.122. The molecule has 126 valence electrons. The van der Waals surface area contributed by atoms with E-state index in [2.05, 4.69) is 20.6 Å². The normalized spacial score (nSPS) is 14.3. The number of anilines is 3. The molecule has 1 aromatic heterocycles. The summed E-state index contributed by atoms with van der Waals surface area (Å²) < 4.78 is 18.4. The van der Waals surface area contributed by atoms with Gasteiger partial charge in [-0.25, -0.2) is 19.2 Å². The van der Waals surface area contributed by atoms with Crippen LogP contribution in [0.5, 0.6) is 0 Å². The van der Waals surface area contributed by atoms with Crippen molar-refractivity contribution in [2.45, 2.75) is 0 Å². The Kier molecular flexibility index (Phi) is 5.07. The van der Waals surface area contributed by atoms with E-state index in [1.165, 1.54) is 24.5 Å². The van der Waals surface area contributed by atoms with Crippen molar-refractivity contribution in [3.63, 3.8) is 0 Å². The SMILES string of the molecule is O=C(Nc1ccc(F)c(Cl)c1)Nc1cc(N2CCOCC2)ncn1. The second-order valence-electron chi connectivity index (χ2n) is 5.07. The van der Waals surface area contributed by atoms with Crippen molar-refractivity contribution in [2.75, 3.05) is 41.8 Å². The summed E-state index contributed by atoms with van der Waals surface area (Å²) in [5, 5.41) is 5.11. The molecule has 1 aliphatic rings. The van der Waals surface area contributed by atoms with Gasteiger partial charge in [-0.2, -0.15) is 0 Å². The summed E-state index contributed by atoms with van der Waals surface area (Å²) in [4.78, 5) is 22.3. The average molecular weight is 352 g/mol. The van der Waals surface area contributed by atoms with Crippen molar-refractivity contribution in [1.82, 2.24) is 9.97 Å². The van der Waals surface area contributed by atoms with Crippen LogP contribution in [0.1, 0.15) is 0 Å². The maximum absolute atomic E-state index is 13.1. The van der Waals surface area contributed by atoms with Crippen LogP contribution in [0, 0.1) is 5.82 Å². The molecule has 2 amide bonds. The Hall–Kier alpha value is -2.45. The van der Waals surface area contributed by atoms with Gasteiger partial charge in [0.15, 0.2) is 0 Å². The Balaban J connectivity index is 1.64. The second kappa shape index (κ2) is 7.41. The summed E-state index contributed by atoms with van der Waals surface area (Å²) in [5.74, 6) is 0.527. The van der Waals surface area contributed by atoms with E-state index in [0.29, 0.717) is 30.5 Å². The molecule has 2 N–H and O–H groups in total. The van der Waals surface area contributed by atoms with Crippen LogP contribution in [-0.4, -0.2) is 42.3 Å². The third kappa shape index (κ3) is 4.09. The number of carbonyl (C=O) groups excluding carboxylic acids is 1. The van der Waals surface area contributed by atoms with E-state index >= 15 is 0 Å². The number of carbonyl (C=O) groups is 1. The number of nitrogens with zero attached hydrogens (tertiary/aromatic N) is 3. The fourth-order valence-corrected chi connectivity index (χ4v) is 2.41. The zero-order valence-corrected chi connectivity index (χ0v) is 13.4. The molecule has 1 saturated heterocycles. The molecule has 0 radical (unpaired) electrons. The number of morpholine rings is 1. The molecule has 0 atom stereocenters. The number of ether oxygens (including phenoxy) is 1. The van der Waals surface area contributed by atoms with E-state index in [4.69, 9.17) is 16.3 Å². The highest BCUT2D eigenvalue weighted by Crippen LogP contribution is 2.20. The van der Waals surface area contributed by atoms with Crippen LogP contribution in [0.4, 0.5) is 26.5 Å². The maximum atomic E-state index is 13.1. The first-order valence-electron chi connectivity index (χ1n) is 7.29. The van der Waals surface area contributed by atoms with E-state index in [-0.39, 0.29) is 5.02 Å². The van der Waals surface area contributed by atoms with Gasteiger partial charge in [-0.3, -0.25) is 5.32 Å². The smallest absolute Gasteiger partial charge is 0.324 e. The van der Waals surface area contributed by atoms with Crippen LogP contribution >= 0.6 is 11.6 Å². The Morgan fingerprint density at radius 1 is 1.21 bits per heavy atom. The molecule has 2 heterocycles. The van der Waals surface area contributed by atoms with Crippen LogP contribution in [0.15, 0.2) is 30.6 Å². The van der Waals surface area contributed by atoms with Crippen molar-refractivity contribution in [3.05, 3.63) is 41.4 Å². The minimum atomic E-state index is -0.548. The third-order valence-electron chi connectivity index (χ3n) is 3.41. The zero-order chi connectivity index (χ0) is 16.9. The van der Waals surface area contributed by atoms with E-state index < -0.39 is 11.8 Å². The lowest BCUT2D eigenvalue weighted by atomic mass is 10.3. The Labute approximate surface area is 142 Å². The number of aromatic nitrogens is 2. The van der Waals surface area contributed by atoms with Gasteiger partial charge < -0.3 is 15.0 Å². The number of rotatable bonds is 3. The quantitative estimate of drug-likeness (QED) is 0.889. The number of urea groups is 1. The Morgan fingerprint density at radius 3 is 2.75 bits per heavy atom. The molecule has 1 aliphatic heterocycles. The molecule has 1 fully saturated rings. The Bertz CT molecular complexity index is 740. The van der Waals surface area contributed by atoms with Gasteiger partial charge in [0.05, 0.1) is 18.2 Å². The Morgan fingerprint density at radius 2 is 2.00 bits per heavy atom. The predicted molar refractivity (Wildman–Crippen MR) is 89.1 cm³/mol. The molecule has 1 aromatic carbocycles. The molecule has 0 unspecified atom stereocenters. The number of benzene rings is 1. The number of amides is 2. The molecule has 0 bridgehead atoms. The van der Waals surface area contributed by atoms with Gasteiger partial charge in [-0.15, -0.1) is 0 Å². The van der Waals surface area contributed by atoms with E-state index in [9.17, 15) is 9.18 Å². The van der Waals surface area contributed by atoms with Gasteiger partial charge in [-0.1, -0.05) is 11.6 Å². The highest BCUT2D eigenvalue weighted by atomic mass is 35.5. The largest absolute Gasteiger partial charge is 0.378 e. The molecule has 7 nitrogen and oxygen atoms in total. The molecule has 0 saturated carbocycles. The first-order valence-corrected chi connectivity index (χ1v) is 7.67. The van der Waals surface area contributed by atoms with Crippen LogP contribution < -0.4 is 15.5 Å². The van der Waals surface area contributed by atoms with Crippen molar-refractivity contribution < 1.29 is 13.9 Å². The molecule has 2 aromatic rings. The summed E-state index contributed by atoms with van der Waals surface area (Å²) >= 11 is 5.68. The van der Waals surface area contributed by atoms with Gasteiger partial charge in [0.1, 0.15) is 23.8 Å². The minimum Gasteiger partial charge on any atom is -0.378 e. The van der Waals surface area contributed by atoms with E-state index in [1.807, 2.05) is 4.90 Å². The van der Waals surface area contributed by atoms with Crippen molar-refractivity contribution >= 4 is 35.0 Å². The molecule has 3 rings (SSSR count). The molecule has 0 aliphatic carbocycles. The fourth-order valence-electron chi connectivity index (χ4n) is 2.23. The topological polar surface area (TPSA) is 79.4 Å². The van der Waals surface area contributed by atoms with Crippen LogP contribution in [-0.2, 0) is 4.74 Å². The molecular weight excluding hydrogens is 337 g/mol. The van der Waals surface area contributed by atoms with Crippen LogP contribution in [0.2, 0.25) is 5.02 Å². The molecule has 24 heavy (non-hydrogen) atoms. The summed E-state index contributed by atoms with van der Waals surface area (Å²) in [6.07, 6.45) is 1.38. The lowest BCUT2D eigenvalue weighted by Crippen LogP contribution is -2.36. The number of hydrogen-bond donors (Lipinski definition) is 2. The summed E-state index contributed by atoms with van der Waals surface area (Å²) in [6.45, 7) is 2.74. The zero-order valence-electron chi connectivity index (χ0n) is 12.6. The van der Waals surface area contributed by atoms with Crippen molar-refractivity contribution in [2.24, 2.45) is 0 Å². The molecule has 9 heteroatoms. The molecular formula is C15H15ClFN5O2. The summed E-state index contributed by atoms with van der Waals surface area (Å²) in [6, 6.07) is 5.10. The maximum Gasteiger partial charge on any atom is 0.324 e.